The molecule has 0 spiro atoms. The molecular formula is C13H16N2O2. The number of nitrogens with one attached hydrogen (secondary N) is 1. The summed E-state index contributed by atoms with van der Waals surface area (Å²) >= 11 is 0. The fraction of sp³-hybridized carbons (Fsp3) is 0.462. The summed E-state index contributed by atoms with van der Waals surface area (Å²) in [7, 11) is 0. The Balaban J connectivity index is 2.14. The number of carbonyl (C=O) groups is 1. The van der Waals surface area contributed by atoms with Gasteiger partial charge >= 0.3 is 0 Å². The van der Waals surface area contributed by atoms with Crippen LogP contribution in [-0.4, -0.2) is 35.5 Å². The molecule has 3 rings (SSSR count). The van der Waals surface area contributed by atoms with E-state index < -0.39 is 0 Å². The Labute approximate surface area is 100 Å². The molecule has 1 atom stereocenters. The molecular weight excluding hydrogens is 216 g/mol. The summed E-state index contributed by atoms with van der Waals surface area (Å²) in [5.74, 6) is 0.116. The molecule has 1 saturated heterocycles. The van der Waals surface area contributed by atoms with Crippen LogP contribution in [0, 0.1) is 0 Å². The maximum atomic E-state index is 12.2. The quantitative estimate of drug-likeness (QED) is 0.761. The first kappa shape index (κ1) is 10.6. The lowest BCUT2D eigenvalue weighted by molar-refractivity contribution is 0.0689. The van der Waals surface area contributed by atoms with E-state index in [1.807, 2.05) is 4.90 Å². The van der Waals surface area contributed by atoms with Crippen molar-refractivity contribution >= 4 is 5.91 Å². The summed E-state index contributed by atoms with van der Waals surface area (Å²) in [5.41, 5.74) is 2.58. The number of phenolic OH excluding ortho intramolecular Hbond substituents is 1. The average molecular weight is 232 g/mol. The van der Waals surface area contributed by atoms with Crippen LogP contribution in [0.4, 0.5) is 0 Å². The van der Waals surface area contributed by atoms with Crippen LogP contribution >= 0.6 is 0 Å². The number of hydrogen-bond acceptors (Lipinski definition) is 3. The van der Waals surface area contributed by atoms with Gasteiger partial charge in [-0.05, 0) is 23.6 Å². The van der Waals surface area contributed by atoms with Gasteiger partial charge in [0.25, 0.3) is 5.91 Å². The third kappa shape index (κ3) is 1.44. The van der Waals surface area contributed by atoms with Gasteiger partial charge in [0.2, 0.25) is 0 Å². The summed E-state index contributed by atoms with van der Waals surface area (Å²) in [6.07, 6.45) is 0.870. The maximum Gasteiger partial charge on any atom is 0.258 e. The zero-order chi connectivity index (χ0) is 12.0. The Morgan fingerprint density at radius 1 is 1.53 bits per heavy atom. The number of aryl methyl sites for hydroxylation is 1. The van der Waals surface area contributed by atoms with Crippen LogP contribution in [0.2, 0.25) is 0 Å². The molecule has 2 aliphatic rings. The summed E-state index contributed by atoms with van der Waals surface area (Å²) < 4.78 is 0. The lowest BCUT2D eigenvalue weighted by Gasteiger charge is -2.30. The van der Waals surface area contributed by atoms with Crippen LogP contribution < -0.4 is 5.32 Å². The van der Waals surface area contributed by atoms with Gasteiger partial charge in [-0.1, -0.05) is 13.0 Å². The van der Waals surface area contributed by atoms with E-state index in [0.717, 1.165) is 37.2 Å². The monoisotopic (exact) mass is 232 g/mol. The van der Waals surface area contributed by atoms with Crippen LogP contribution in [0.15, 0.2) is 12.1 Å². The van der Waals surface area contributed by atoms with Crippen LogP contribution in [-0.2, 0) is 6.42 Å². The van der Waals surface area contributed by atoms with E-state index >= 15 is 0 Å². The molecule has 0 bridgehead atoms. The molecule has 1 aromatic carbocycles. The predicted octanol–water partition coefficient (Wildman–Crippen LogP) is 1.05. The number of phenols is 1. The molecule has 0 saturated carbocycles. The van der Waals surface area contributed by atoms with Crippen molar-refractivity contribution in [3.05, 3.63) is 28.8 Å². The van der Waals surface area contributed by atoms with E-state index in [4.69, 9.17) is 0 Å². The van der Waals surface area contributed by atoms with Gasteiger partial charge in [0, 0.05) is 19.6 Å². The number of nitrogens with zero attached hydrogens (tertiary/aromatic N) is 1. The van der Waals surface area contributed by atoms with Gasteiger partial charge in [-0.25, -0.2) is 0 Å². The van der Waals surface area contributed by atoms with Crippen LogP contribution in [0.25, 0.3) is 0 Å². The van der Waals surface area contributed by atoms with Crippen molar-refractivity contribution in [3.63, 3.8) is 0 Å². The van der Waals surface area contributed by atoms with Gasteiger partial charge in [-0.15, -0.1) is 0 Å². The molecule has 0 unspecified atom stereocenters. The summed E-state index contributed by atoms with van der Waals surface area (Å²) in [6.45, 7) is 4.39. The molecule has 1 amide bonds. The van der Waals surface area contributed by atoms with Crippen molar-refractivity contribution in [2.45, 2.75) is 19.4 Å². The zero-order valence-electron chi connectivity index (χ0n) is 9.86. The Hall–Kier alpha value is -1.55. The largest absolute Gasteiger partial charge is 0.507 e. The fourth-order valence-electron chi connectivity index (χ4n) is 2.78. The molecule has 1 fully saturated rings. The molecule has 2 heterocycles. The average Bonchev–Trinajstić information content (AvgIpc) is 2.64. The normalized spacial score (nSPS) is 22.5. The van der Waals surface area contributed by atoms with Crippen molar-refractivity contribution in [3.8, 4) is 5.75 Å². The Morgan fingerprint density at radius 2 is 2.35 bits per heavy atom. The van der Waals surface area contributed by atoms with Gasteiger partial charge in [0.05, 0.1) is 11.6 Å². The van der Waals surface area contributed by atoms with E-state index in [2.05, 4.69) is 18.3 Å². The van der Waals surface area contributed by atoms with E-state index in [1.165, 1.54) is 0 Å². The Bertz CT molecular complexity index is 485. The number of fused-ring (bicyclic) bond motifs is 3. The summed E-state index contributed by atoms with van der Waals surface area (Å²) in [5, 5.41) is 13.3. The second-order valence-electron chi connectivity index (χ2n) is 4.65. The highest BCUT2D eigenvalue weighted by Gasteiger charge is 2.39. The van der Waals surface area contributed by atoms with Crippen LogP contribution in [0.5, 0.6) is 5.75 Å². The number of hydrogen-bond donors (Lipinski definition) is 2. The van der Waals surface area contributed by atoms with Gasteiger partial charge in [0.15, 0.2) is 0 Å². The smallest absolute Gasteiger partial charge is 0.258 e. The second kappa shape index (κ2) is 3.74. The van der Waals surface area contributed by atoms with Gasteiger partial charge in [-0.3, -0.25) is 4.79 Å². The number of aromatic hydroxyl groups is 1. The van der Waals surface area contributed by atoms with E-state index in [9.17, 15) is 9.90 Å². The topological polar surface area (TPSA) is 52.6 Å². The number of benzene rings is 1. The minimum absolute atomic E-state index is 0.0216. The molecule has 2 aliphatic heterocycles. The molecule has 1 aromatic rings. The maximum absolute atomic E-state index is 12.2. The van der Waals surface area contributed by atoms with Gasteiger partial charge < -0.3 is 15.3 Å². The fourth-order valence-corrected chi connectivity index (χ4v) is 2.78. The highest BCUT2D eigenvalue weighted by atomic mass is 16.3. The molecule has 2 N–H and O–H groups in total. The van der Waals surface area contributed by atoms with Crippen molar-refractivity contribution in [1.29, 1.82) is 0 Å². The molecule has 0 aromatic heterocycles. The number of amides is 1. The van der Waals surface area contributed by atoms with E-state index in [0.29, 0.717) is 5.56 Å². The number of rotatable bonds is 1. The highest BCUT2D eigenvalue weighted by Crippen LogP contribution is 2.39. The molecule has 90 valence electrons. The van der Waals surface area contributed by atoms with Crippen molar-refractivity contribution in [1.82, 2.24) is 10.2 Å². The number of piperazine rings is 1. The summed E-state index contributed by atoms with van der Waals surface area (Å²) in [4.78, 5) is 14.1. The van der Waals surface area contributed by atoms with Crippen molar-refractivity contribution in [2.24, 2.45) is 0 Å². The lowest BCUT2D eigenvalue weighted by Crippen LogP contribution is -2.44. The zero-order valence-corrected chi connectivity index (χ0v) is 9.86. The standard InChI is InChI=1S/C13H16N2O2/c1-2-8-5-9-10-7-14-3-4-15(10)13(17)12(9)11(16)6-8/h5-6,10,14,16H,2-4,7H2,1H3/t10-/m0/s1. The van der Waals surface area contributed by atoms with Crippen LogP contribution in [0.3, 0.4) is 0 Å². The second-order valence-corrected chi connectivity index (χ2v) is 4.65. The first-order valence-electron chi connectivity index (χ1n) is 6.10. The Morgan fingerprint density at radius 3 is 3.12 bits per heavy atom. The predicted molar refractivity (Wildman–Crippen MR) is 64.1 cm³/mol. The lowest BCUT2D eigenvalue weighted by atomic mass is 9.99. The minimum Gasteiger partial charge on any atom is -0.507 e. The van der Waals surface area contributed by atoms with Crippen molar-refractivity contribution < 1.29 is 9.90 Å². The van der Waals surface area contributed by atoms with E-state index in [1.54, 1.807) is 6.07 Å². The number of carbonyl (C=O) groups excluding carboxylic acids is 1. The van der Waals surface area contributed by atoms with Crippen molar-refractivity contribution in [2.75, 3.05) is 19.6 Å². The van der Waals surface area contributed by atoms with Gasteiger partial charge in [-0.2, -0.15) is 0 Å². The SMILES string of the molecule is CCc1cc(O)c2c(c1)[C@@H]1CNCCN1C2=O. The Kier molecular flexibility index (Phi) is 2.33. The molecule has 4 nitrogen and oxygen atoms in total. The molecule has 0 radical (unpaired) electrons. The molecule has 17 heavy (non-hydrogen) atoms. The minimum atomic E-state index is -0.0216. The molecule has 0 aliphatic carbocycles. The third-order valence-corrected chi connectivity index (χ3v) is 3.69. The first-order chi connectivity index (χ1) is 8.22. The summed E-state index contributed by atoms with van der Waals surface area (Å²) in [6, 6.07) is 3.87. The van der Waals surface area contributed by atoms with Crippen LogP contribution in [0.1, 0.15) is 34.5 Å². The highest BCUT2D eigenvalue weighted by molar-refractivity contribution is 6.02. The first-order valence-corrected chi connectivity index (χ1v) is 6.10. The van der Waals surface area contributed by atoms with Gasteiger partial charge in [0.1, 0.15) is 5.75 Å². The third-order valence-electron chi connectivity index (χ3n) is 3.69. The molecule has 4 heteroatoms. The van der Waals surface area contributed by atoms with E-state index in [-0.39, 0.29) is 17.7 Å².